The maximum absolute atomic E-state index is 13.2. The molecule has 0 radical (unpaired) electrons. The molecule has 35 heavy (non-hydrogen) atoms. The molecule has 2 bridgehead atoms. The molecule has 3 aliphatic rings. The van der Waals surface area contributed by atoms with Gasteiger partial charge in [0.15, 0.2) is 5.78 Å². The summed E-state index contributed by atoms with van der Waals surface area (Å²) in [6.07, 6.45) is 5.87. The Bertz CT molecular complexity index is 1220. The third-order valence-electron chi connectivity index (χ3n) is 7.75. The van der Waals surface area contributed by atoms with Crippen molar-refractivity contribution >= 4 is 11.9 Å². The summed E-state index contributed by atoms with van der Waals surface area (Å²) in [6.45, 7) is 0.314. The summed E-state index contributed by atoms with van der Waals surface area (Å²) in [5, 5.41) is 0. The molecule has 2 fully saturated rings. The van der Waals surface area contributed by atoms with Gasteiger partial charge < -0.3 is 14.4 Å². The second-order valence-electron chi connectivity index (χ2n) is 9.59. The number of carbonyl (C=O) groups is 2. The zero-order chi connectivity index (χ0) is 23.9. The Morgan fingerprint density at radius 2 is 1.49 bits per heavy atom. The van der Waals surface area contributed by atoms with Crippen LogP contribution in [0.15, 0.2) is 60.9 Å². The van der Waals surface area contributed by atoms with Crippen molar-refractivity contribution in [2.45, 2.75) is 43.7 Å². The molecule has 2 aliphatic heterocycles. The number of ketones is 1. The van der Waals surface area contributed by atoms with Crippen LogP contribution in [0.3, 0.4) is 0 Å². The first-order valence-corrected chi connectivity index (χ1v) is 12.2. The molecule has 2 unspecified atom stereocenters. The van der Waals surface area contributed by atoms with Gasteiger partial charge in [0.05, 0.1) is 12.7 Å². The van der Waals surface area contributed by atoms with E-state index in [1.807, 2.05) is 29.2 Å². The predicted octanol–water partition coefficient (Wildman–Crippen LogP) is 4.86. The van der Waals surface area contributed by atoms with E-state index in [0.717, 1.165) is 12.8 Å². The summed E-state index contributed by atoms with van der Waals surface area (Å²) in [5.41, 5.74) is 5.33. The molecule has 2 atom stereocenters. The van der Waals surface area contributed by atoms with Crippen LogP contribution in [-0.4, -0.2) is 52.5 Å². The number of carbonyl (C=O) groups excluding carboxylic acids is 2. The summed E-state index contributed by atoms with van der Waals surface area (Å²) in [7, 11) is 1.49. The van der Waals surface area contributed by atoms with Gasteiger partial charge >= 0.3 is 12.1 Å². The highest BCUT2D eigenvalue weighted by molar-refractivity contribution is 5.97. The first kappa shape index (κ1) is 21.8. The standard InChI is InChI=1S/C28H27N3O4/c1-34-27-29-14-18(15-30-27)26(32)17-12-19-10-11-20(13-17)31(19)28(33)35-16-25-23-8-4-2-6-21(23)22-7-3-5-9-24(22)25/h2-9,14-15,17,19-20,25H,10-13,16H2,1H3. The van der Waals surface area contributed by atoms with Crippen LogP contribution < -0.4 is 4.74 Å². The maximum Gasteiger partial charge on any atom is 0.410 e. The minimum atomic E-state index is -0.266. The van der Waals surface area contributed by atoms with Gasteiger partial charge in [-0.25, -0.2) is 14.8 Å². The fourth-order valence-electron chi connectivity index (χ4n) is 6.14. The van der Waals surface area contributed by atoms with Crippen LogP contribution in [0.2, 0.25) is 0 Å². The summed E-state index contributed by atoms with van der Waals surface area (Å²) in [6, 6.07) is 17.0. The molecule has 3 aromatic rings. The van der Waals surface area contributed by atoms with Gasteiger partial charge in [-0.15, -0.1) is 0 Å². The van der Waals surface area contributed by atoms with E-state index in [1.54, 1.807) is 0 Å². The number of nitrogens with zero attached hydrogens (tertiary/aromatic N) is 3. The molecule has 2 aromatic carbocycles. The van der Waals surface area contributed by atoms with E-state index in [0.29, 0.717) is 25.0 Å². The normalized spacial score (nSPS) is 22.4. The van der Waals surface area contributed by atoms with Gasteiger partial charge in [0.1, 0.15) is 6.61 Å². The van der Waals surface area contributed by atoms with Crippen molar-refractivity contribution in [2.24, 2.45) is 5.92 Å². The first-order valence-electron chi connectivity index (χ1n) is 12.2. The van der Waals surface area contributed by atoms with E-state index in [9.17, 15) is 9.59 Å². The predicted molar refractivity (Wildman–Crippen MR) is 129 cm³/mol. The zero-order valence-electron chi connectivity index (χ0n) is 19.6. The number of amides is 1. The number of hydrogen-bond donors (Lipinski definition) is 0. The van der Waals surface area contributed by atoms with Gasteiger partial charge in [0.25, 0.3) is 0 Å². The van der Waals surface area contributed by atoms with Crippen LogP contribution in [0.4, 0.5) is 4.79 Å². The molecular weight excluding hydrogens is 442 g/mol. The monoisotopic (exact) mass is 469 g/mol. The minimum absolute atomic E-state index is 0.0255. The first-order chi connectivity index (χ1) is 17.1. The fourth-order valence-corrected chi connectivity index (χ4v) is 6.14. The van der Waals surface area contributed by atoms with E-state index in [2.05, 4.69) is 34.2 Å². The molecule has 0 saturated carbocycles. The smallest absolute Gasteiger partial charge is 0.410 e. The second kappa shape index (κ2) is 8.80. The number of aromatic nitrogens is 2. The highest BCUT2D eigenvalue weighted by atomic mass is 16.6. The molecule has 1 aromatic heterocycles. The number of methoxy groups -OCH3 is 1. The quantitative estimate of drug-likeness (QED) is 0.497. The van der Waals surface area contributed by atoms with Crippen molar-refractivity contribution in [2.75, 3.05) is 13.7 Å². The van der Waals surface area contributed by atoms with Gasteiger partial charge in [-0.1, -0.05) is 48.5 Å². The van der Waals surface area contributed by atoms with Crippen molar-refractivity contribution in [3.8, 4) is 17.1 Å². The molecule has 1 aliphatic carbocycles. The molecule has 7 nitrogen and oxygen atoms in total. The van der Waals surface area contributed by atoms with Crippen molar-refractivity contribution in [1.29, 1.82) is 0 Å². The van der Waals surface area contributed by atoms with E-state index in [-0.39, 0.29) is 41.8 Å². The number of hydrogen-bond acceptors (Lipinski definition) is 6. The van der Waals surface area contributed by atoms with E-state index in [1.165, 1.54) is 41.8 Å². The lowest BCUT2D eigenvalue weighted by atomic mass is 9.85. The van der Waals surface area contributed by atoms with Crippen molar-refractivity contribution in [1.82, 2.24) is 14.9 Å². The SMILES string of the molecule is COc1ncc(C(=O)C2CC3CCC(C2)N3C(=O)OCC2c3ccccc3-c3ccccc32)cn1. The van der Waals surface area contributed by atoms with Crippen LogP contribution in [-0.2, 0) is 4.74 Å². The Morgan fingerprint density at radius 1 is 0.914 bits per heavy atom. The number of rotatable bonds is 5. The summed E-state index contributed by atoms with van der Waals surface area (Å²) in [5.74, 6) is -0.0583. The third-order valence-corrected chi connectivity index (χ3v) is 7.75. The fraction of sp³-hybridized carbons (Fsp3) is 0.357. The van der Waals surface area contributed by atoms with Gasteiger partial charge in [-0.2, -0.15) is 0 Å². The van der Waals surface area contributed by atoms with Crippen molar-refractivity contribution < 1.29 is 19.1 Å². The Kier molecular flexibility index (Phi) is 5.47. The Hall–Kier alpha value is -3.74. The van der Waals surface area contributed by atoms with E-state index in [4.69, 9.17) is 9.47 Å². The average molecular weight is 470 g/mol. The molecule has 178 valence electrons. The molecule has 6 rings (SSSR count). The minimum Gasteiger partial charge on any atom is -0.467 e. The molecule has 0 spiro atoms. The average Bonchev–Trinajstić information content (AvgIpc) is 3.37. The van der Waals surface area contributed by atoms with Crippen LogP contribution in [0.25, 0.3) is 11.1 Å². The van der Waals surface area contributed by atoms with Gasteiger partial charge in [-0.3, -0.25) is 4.79 Å². The molecule has 2 saturated heterocycles. The topological polar surface area (TPSA) is 81.6 Å². The van der Waals surface area contributed by atoms with Gasteiger partial charge in [-0.05, 0) is 47.9 Å². The highest BCUT2D eigenvalue weighted by Crippen LogP contribution is 2.45. The second-order valence-corrected chi connectivity index (χ2v) is 9.59. The van der Waals surface area contributed by atoms with Crippen molar-refractivity contribution in [3.63, 3.8) is 0 Å². The van der Waals surface area contributed by atoms with Gasteiger partial charge in [0.2, 0.25) is 0 Å². The Morgan fingerprint density at radius 3 is 2.06 bits per heavy atom. The number of fused-ring (bicyclic) bond motifs is 5. The lowest BCUT2D eigenvalue weighted by molar-refractivity contribution is 0.0505. The lowest BCUT2D eigenvalue weighted by Crippen LogP contribution is -2.48. The third kappa shape index (κ3) is 3.75. The Labute approximate surface area is 204 Å². The molecule has 1 amide bonds. The number of Topliss-reactive ketones (excluding diaryl/α,β-unsaturated/α-hetero) is 1. The molecular formula is C28H27N3O4. The number of piperidine rings is 1. The largest absolute Gasteiger partial charge is 0.467 e. The van der Waals surface area contributed by atoms with Gasteiger partial charge in [0, 0.05) is 36.3 Å². The van der Waals surface area contributed by atoms with Crippen LogP contribution in [0.1, 0.15) is 53.1 Å². The van der Waals surface area contributed by atoms with E-state index < -0.39 is 0 Å². The number of benzene rings is 2. The molecule has 0 N–H and O–H groups in total. The highest BCUT2D eigenvalue weighted by Gasteiger charge is 2.46. The Balaban J connectivity index is 1.13. The van der Waals surface area contributed by atoms with Crippen LogP contribution >= 0.6 is 0 Å². The van der Waals surface area contributed by atoms with E-state index >= 15 is 0 Å². The lowest BCUT2D eigenvalue weighted by Gasteiger charge is -2.37. The molecule has 7 heteroatoms. The van der Waals surface area contributed by atoms with Crippen LogP contribution in [0, 0.1) is 5.92 Å². The summed E-state index contributed by atoms with van der Waals surface area (Å²) >= 11 is 0. The van der Waals surface area contributed by atoms with Crippen molar-refractivity contribution in [3.05, 3.63) is 77.6 Å². The zero-order valence-corrected chi connectivity index (χ0v) is 19.6. The molecule has 3 heterocycles. The summed E-state index contributed by atoms with van der Waals surface area (Å²) in [4.78, 5) is 36.3. The summed E-state index contributed by atoms with van der Waals surface area (Å²) < 4.78 is 10.9. The van der Waals surface area contributed by atoms with Crippen LogP contribution in [0.5, 0.6) is 6.01 Å². The number of ether oxygens (including phenoxy) is 2. The maximum atomic E-state index is 13.2.